The van der Waals surface area contributed by atoms with E-state index in [0.717, 1.165) is 18.6 Å². The van der Waals surface area contributed by atoms with Crippen molar-refractivity contribution in [1.82, 2.24) is 0 Å². The summed E-state index contributed by atoms with van der Waals surface area (Å²) in [4.78, 5) is 0. The normalized spacial score (nSPS) is 19.2. The molecule has 1 aliphatic carbocycles. The molecule has 0 aromatic heterocycles. The molecular formula is C17H27NO. The molecule has 1 aromatic carbocycles. The predicted octanol–water partition coefficient (Wildman–Crippen LogP) is 4.02. The Morgan fingerprint density at radius 2 is 1.74 bits per heavy atom. The van der Waals surface area contributed by atoms with Gasteiger partial charge in [0.15, 0.2) is 0 Å². The quantitative estimate of drug-likeness (QED) is 0.891. The van der Waals surface area contributed by atoms with E-state index in [1.165, 1.54) is 24.8 Å². The highest BCUT2D eigenvalue weighted by atomic mass is 16.5. The van der Waals surface area contributed by atoms with Gasteiger partial charge in [0.2, 0.25) is 0 Å². The first kappa shape index (κ1) is 14.4. The molecule has 1 fully saturated rings. The van der Waals surface area contributed by atoms with Crippen LogP contribution in [0.5, 0.6) is 5.75 Å². The van der Waals surface area contributed by atoms with Crippen LogP contribution in [0.15, 0.2) is 24.3 Å². The maximum atomic E-state index is 6.42. The average molecular weight is 261 g/mol. The molecular weight excluding hydrogens is 234 g/mol. The maximum absolute atomic E-state index is 6.42. The van der Waals surface area contributed by atoms with Gasteiger partial charge in [-0.1, -0.05) is 45.4 Å². The molecule has 1 aliphatic rings. The Kier molecular flexibility index (Phi) is 4.19. The first-order chi connectivity index (χ1) is 8.97. The summed E-state index contributed by atoms with van der Waals surface area (Å²) in [5.74, 6) is 1.02. The monoisotopic (exact) mass is 261 g/mol. The van der Waals surface area contributed by atoms with Gasteiger partial charge in [0.25, 0.3) is 0 Å². The Morgan fingerprint density at radius 3 is 2.32 bits per heavy atom. The summed E-state index contributed by atoms with van der Waals surface area (Å²) < 4.78 is 6.42. The van der Waals surface area contributed by atoms with Crippen LogP contribution in [0.2, 0.25) is 0 Å². The minimum atomic E-state index is -0.139. The third-order valence-electron chi connectivity index (χ3n) is 4.16. The van der Waals surface area contributed by atoms with E-state index in [0.29, 0.717) is 6.54 Å². The zero-order valence-corrected chi connectivity index (χ0v) is 12.5. The molecule has 0 saturated heterocycles. The Morgan fingerprint density at radius 1 is 1.11 bits per heavy atom. The van der Waals surface area contributed by atoms with Crippen molar-refractivity contribution in [3.63, 3.8) is 0 Å². The fraction of sp³-hybridized carbons (Fsp3) is 0.647. The number of hydrogen-bond donors (Lipinski definition) is 1. The summed E-state index contributed by atoms with van der Waals surface area (Å²) in [6.45, 7) is 7.30. The highest BCUT2D eigenvalue weighted by Gasteiger charge is 2.34. The van der Waals surface area contributed by atoms with Gasteiger partial charge in [-0.15, -0.1) is 0 Å². The van der Waals surface area contributed by atoms with Crippen LogP contribution in [0.25, 0.3) is 0 Å². The van der Waals surface area contributed by atoms with E-state index >= 15 is 0 Å². The number of ether oxygens (including phenoxy) is 1. The average Bonchev–Trinajstić information content (AvgIpc) is 2.39. The number of benzene rings is 1. The van der Waals surface area contributed by atoms with Crippen LogP contribution in [0.3, 0.4) is 0 Å². The Bertz CT molecular complexity index is 414. The molecule has 0 unspecified atom stereocenters. The molecule has 2 nitrogen and oxygen atoms in total. The SMILES string of the molecule is CC(C)(C)c1ccccc1OC1(CN)CCCCC1. The van der Waals surface area contributed by atoms with Crippen molar-refractivity contribution < 1.29 is 4.74 Å². The Labute approximate surface area is 117 Å². The van der Waals surface area contributed by atoms with Crippen molar-refractivity contribution in [1.29, 1.82) is 0 Å². The van der Waals surface area contributed by atoms with E-state index in [-0.39, 0.29) is 11.0 Å². The Hall–Kier alpha value is -1.02. The fourth-order valence-corrected chi connectivity index (χ4v) is 2.95. The number of rotatable bonds is 3. The standard InChI is InChI=1S/C17H27NO/c1-16(2,3)14-9-5-6-10-15(14)19-17(13-18)11-7-4-8-12-17/h5-6,9-10H,4,7-8,11-13,18H2,1-3H3. The van der Waals surface area contributed by atoms with E-state index in [1.54, 1.807) is 0 Å². The first-order valence-corrected chi connectivity index (χ1v) is 7.45. The van der Waals surface area contributed by atoms with Crippen LogP contribution in [-0.4, -0.2) is 12.1 Å². The lowest BCUT2D eigenvalue weighted by molar-refractivity contribution is 0.0369. The lowest BCUT2D eigenvalue weighted by Crippen LogP contribution is -2.45. The van der Waals surface area contributed by atoms with Crippen LogP contribution in [0.4, 0.5) is 0 Å². The van der Waals surface area contributed by atoms with Crippen LogP contribution in [0.1, 0.15) is 58.4 Å². The molecule has 0 spiro atoms. The molecule has 0 radical (unpaired) electrons. The second-order valence-corrected chi connectivity index (χ2v) is 6.80. The second kappa shape index (κ2) is 5.54. The van der Waals surface area contributed by atoms with Gasteiger partial charge in [-0.2, -0.15) is 0 Å². The fourth-order valence-electron chi connectivity index (χ4n) is 2.95. The number of hydrogen-bond acceptors (Lipinski definition) is 2. The molecule has 0 amide bonds. The second-order valence-electron chi connectivity index (χ2n) is 6.80. The minimum absolute atomic E-state index is 0.0983. The molecule has 0 bridgehead atoms. The molecule has 0 heterocycles. The van der Waals surface area contributed by atoms with Gasteiger partial charge in [0, 0.05) is 6.54 Å². The van der Waals surface area contributed by atoms with Gasteiger partial charge in [-0.25, -0.2) is 0 Å². The highest BCUT2D eigenvalue weighted by Crippen LogP contribution is 2.37. The van der Waals surface area contributed by atoms with Crippen LogP contribution >= 0.6 is 0 Å². The molecule has 19 heavy (non-hydrogen) atoms. The van der Waals surface area contributed by atoms with Gasteiger partial charge in [0.05, 0.1) is 0 Å². The summed E-state index contributed by atoms with van der Waals surface area (Å²) in [6.07, 6.45) is 5.94. The third-order valence-corrected chi connectivity index (χ3v) is 4.16. The van der Waals surface area contributed by atoms with Crippen molar-refractivity contribution in [2.75, 3.05) is 6.54 Å². The first-order valence-electron chi connectivity index (χ1n) is 7.45. The number of nitrogens with two attached hydrogens (primary N) is 1. The van der Waals surface area contributed by atoms with Gasteiger partial charge in [-0.05, 0) is 42.7 Å². The molecule has 0 atom stereocenters. The lowest BCUT2D eigenvalue weighted by atomic mass is 9.83. The van der Waals surface area contributed by atoms with E-state index in [4.69, 9.17) is 10.5 Å². The molecule has 2 rings (SSSR count). The number of para-hydroxylation sites is 1. The van der Waals surface area contributed by atoms with E-state index in [2.05, 4.69) is 45.0 Å². The maximum Gasteiger partial charge on any atom is 0.123 e. The van der Waals surface area contributed by atoms with Crippen molar-refractivity contribution in [3.05, 3.63) is 29.8 Å². The van der Waals surface area contributed by atoms with E-state index < -0.39 is 0 Å². The third kappa shape index (κ3) is 3.30. The van der Waals surface area contributed by atoms with Crippen molar-refractivity contribution in [3.8, 4) is 5.75 Å². The topological polar surface area (TPSA) is 35.2 Å². The summed E-state index contributed by atoms with van der Waals surface area (Å²) in [5.41, 5.74) is 7.25. The van der Waals surface area contributed by atoms with Crippen LogP contribution < -0.4 is 10.5 Å². The summed E-state index contributed by atoms with van der Waals surface area (Å²) in [6, 6.07) is 8.40. The van der Waals surface area contributed by atoms with E-state index in [1.807, 2.05) is 0 Å². The predicted molar refractivity (Wildman–Crippen MR) is 80.6 cm³/mol. The van der Waals surface area contributed by atoms with Crippen LogP contribution in [-0.2, 0) is 5.41 Å². The molecule has 1 saturated carbocycles. The van der Waals surface area contributed by atoms with Gasteiger partial charge in [0.1, 0.15) is 11.4 Å². The molecule has 0 aliphatic heterocycles. The van der Waals surface area contributed by atoms with Crippen LogP contribution in [0, 0.1) is 0 Å². The minimum Gasteiger partial charge on any atom is -0.486 e. The van der Waals surface area contributed by atoms with E-state index in [9.17, 15) is 0 Å². The molecule has 2 heteroatoms. The van der Waals surface area contributed by atoms with Crippen molar-refractivity contribution >= 4 is 0 Å². The molecule has 106 valence electrons. The zero-order chi connectivity index (χ0) is 13.9. The van der Waals surface area contributed by atoms with Gasteiger partial charge < -0.3 is 10.5 Å². The molecule has 2 N–H and O–H groups in total. The summed E-state index contributed by atoms with van der Waals surface area (Å²) in [7, 11) is 0. The lowest BCUT2D eigenvalue weighted by Gasteiger charge is -2.38. The zero-order valence-electron chi connectivity index (χ0n) is 12.5. The smallest absolute Gasteiger partial charge is 0.123 e. The van der Waals surface area contributed by atoms with Gasteiger partial charge >= 0.3 is 0 Å². The molecule has 1 aromatic rings. The largest absolute Gasteiger partial charge is 0.486 e. The Balaban J connectivity index is 2.27. The summed E-state index contributed by atoms with van der Waals surface area (Å²) in [5, 5.41) is 0. The van der Waals surface area contributed by atoms with Crippen molar-refractivity contribution in [2.45, 2.75) is 63.9 Å². The highest BCUT2D eigenvalue weighted by molar-refractivity contribution is 5.38. The summed E-state index contributed by atoms with van der Waals surface area (Å²) >= 11 is 0. The van der Waals surface area contributed by atoms with Gasteiger partial charge in [-0.3, -0.25) is 0 Å². The van der Waals surface area contributed by atoms with Crippen molar-refractivity contribution in [2.24, 2.45) is 5.73 Å².